The minimum atomic E-state index is -1.82. The molecule has 1 aromatic heterocycles. The standard InChI is InChI=1S/C17H17IN2O.C2H2O4/c18-14-7-9-15(10-8-14)21-12-4-3-11-20-13-19-16-5-1-2-6-17(16)20;3-1(4)2(5)6/h1-2,5-10,13H,3-4,11-12H2;(H,3,4)(H,5,6). The van der Waals surface area contributed by atoms with Crippen LogP contribution in [0.5, 0.6) is 5.75 Å². The molecule has 3 aromatic rings. The third kappa shape index (κ3) is 6.89. The van der Waals surface area contributed by atoms with Crippen molar-refractivity contribution in [1.82, 2.24) is 9.55 Å². The van der Waals surface area contributed by atoms with Gasteiger partial charge in [-0.2, -0.15) is 0 Å². The number of hydrogen-bond acceptors (Lipinski definition) is 4. The third-order valence-electron chi connectivity index (χ3n) is 3.59. The molecule has 0 bridgehead atoms. The summed E-state index contributed by atoms with van der Waals surface area (Å²) in [6.45, 7) is 1.74. The number of nitrogens with zero attached hydrogens (tertiary/aromatic N) is 2. The fraction of sp³-hybridized carbons (Fsp3) is 0.211. The number of aryl methyl sites for hydroxylation is 1. The molecule has 1 heterocycles. The van der Waals surface area contributed by atoms with E-state index in [2.05, 4.69) is 56.4 Å². The van der Waals surface area contributed by atoms with Crippen molar-refractivity contribution in [3.63, 3.8) is 0 Å². The number of benzene rings is 2. The Morgan fingerprint density at radius 3 is 2.33 bits per heavy atom. The van der Waals surface area contributed by atoms with Crippen LogP contribution in [0.15, 0.2) is 54.9 Å². The molecule has 0 atom stereocenters. The Kier molecular flexibility index (Phi) is 8.05. The van der Waals surface area contributed by atoms with Crippen molar-refractivity contribution >= 4 is 45.6 Å². The highest BCUT2D eigenvalue weighted by molar-refractivity contribution is 14.1. The predicted molar refractivity (Wildman–Crippen MR) is 109 cm³/mol. The van der Waals surface area contributed by atoms with Gasteiger partial charge in [-0.15, -0.1) is 0 Å². The van der Waals surface area contributed by atoms with E-state index in [4.69, 9.17) is 24.5 Å². The van der Waals surface area contributed by atoms with Crippen LogP contribution in [-0.2, 0) is 16.1 Å². The zero-order chi connectivity index (χ0) is 19.6. The molecule has 0 saturated heterocycles. The molecule has 0 saturated carbocycles. The average molecular weight is 482 g/mol. The zero-order valence-electron chi connectivity index (χ0n) is 14.4. The minimum absolute atomic E-state index is 0.757. The van der Waals surface area contributed by atoms with Gasteiger partial charge in [0.2, 0.25) is 0 Å². The Hall–Kier alpha value is -2.62. The van der Waals surface area contributed by atoms with Gasteiger partial charge in [0, 0.05) is 10.1 Å². The lowest BCUT2D eigenvalue weighted by Crippen LogP contribution is -2.09. The lowest BCUT2D eigenvalue weighted by atomic mass is 10.3. The first-order valence-electron chi connectivity index (χ1n) is 8.22. The van der Waals surface area contributed by atoms with Crippen molar-refractivity contribution in [1.29, 1.82) is 0 Å². The van der Waals surface area contributed by atoms with Crippen molar-refractivity contribution in [2.75, 3.05) is 6.61 Å². The monoisotopic (exact) mass is 482 g/mol. The third-order valence-corrected chi connectivity index (χ3v) is 4.31. The molecule has 142 valence electrons. The van der Waals surface area contributed by atoms with Gasteiger partial charge in [0.25, 0.3) is 0 Å². The number of aliphatic carboxylic acids is 2. The number of carboxylic acid groups (broad SMARTS) is 2. The summed E-state index contributed by atoms with van der Waals surface area (Å²) in [5.41, 5.74) is 2.27. The number of halogens is 1. The highest BCUT2D eigenvalue weighted by Gasteiger charge is 2.04. The summed E-state index contributed by atoms with van der Waals surface area (Å²) >= 11 is 2.30. The normalized spacial score (nSPS) is 10.1. The number of ether oxygens (including phenoxy) is 1. The molecule has 0 aliphatic rings. The molecule has 2 aromatic carbocycles. The van der Waals surface area contributed by atoms with Crippen LogP contribution in [0.25, 0.3) is 11.0 Å². The summed E-state index contributed by atoms with van der Waals surface area (Å²) < 4.78 is 9.18. The van der Waals surface area contributed by atoms with Crippen LogP contribution in [0.2, 0.25) is 0 Å². The molecule has 0 spiro atoms. The second-order valence-corrected chi connectivity index (χ2v) is 6.79. The molecular formula is C19H19IN2O5. The summed E-state index contributed by atoms with van der Waals surface area (Å²) in [5, 5.41) is 14.8. The van der Waals surface area contributed by atoms with E-state index in [1.54, 1.807) is 0 Å². The average Bonchev–Trinajstić information content (AvgIpc) is 3.07. The number of carboxylic acids is 2. The number of imidazole rings is 1. The predicted octanol–water partition coefficient (Wildman–Crippen LogP) is 3.66. The molecule has 27 heavy (non-hydrogen) atoms. The van der Waals surface area contributed by atoms with Gasteiger partial charge < -0.3 is 19.5 Å². The summed E-state index contributed by atoms with van der Waals surface area (Å²) in [6.07, 6.45) is 4.05. The Bertz CT molecular complexity index is 881. The van der Waals surface area contributed by atoms with Gasteiger partial charge >= 0.3 is 11.9 Å². The van der Waals surface area contributed by atoms with E-state index in [-0.39, 0.29) is 0 Å². The fourth-order valence-electron chi connectivity index (χ4n) is 2.29. The van der Waals surface area contributed by atoms with Crippen molar-refractivity contribution < 1.29 is 24.5 Å². The van der Waals surface area contributed by atoms with Crippen molar-refractivity contribution in [2.45, 2.75) is 19.4 Å². The van der Waals surface area contributed by atoms with Crippen LogP contribution in [-0.4, -0.2) is 38.3 Å². The summed E-state index contributed by atoms with van der Waals surface area (Å²) in [4.78, 5) is 22.6. The lowest BCUT2D eigenvalue weighted by molar-refractivity contribution is -0.159. The van der Waals surface area contributed by atoms with Gasteiger partial charge in [-0.3, -0.25) is 0 Å². The van der Waals surface area contributed by atoms with Crippen LogP contribution in [0, 0.1) is 3.57 Å². The van der Waals surface area contributed by atoms with Crippen molar-refractivity contribution in [2.24, 2.45) is 0 Å². The van der Waals surface area contributed by atoms with Crippen LogP contribution in [0.3, 0.4) is 0 Å². The van der Waals surface area contributed by atoms with Gasteiger partial charge in [-0.1, -0.05) is 12.1 Å². The number of carbonyl (C=O) groups is 2. The first-order chi connectivity index (χ1) is 13.0. The van der Waals surface area contributed by atoms with E-state index >= 15 is 0 Å². The van der Waals surface area contributed by atoms with Gasteiger partial charge in [0.1, 0.15) is 5.75 Å². The number of rotatable bonds is 6. The Morgan fingerprint density at radius 1 is 1.00 bits per heavy atom. The summed E-state index contributed by atoms with van der Waals surface area (Å²) in [5.74, 6) is -2.70. The van der Waals surface area contributed by atoms with E-state index in [9.17, 15) is 0 Å². The van der Waals surface area contributed by atoms with E-state index in [1.807, 2.05) is 30.6 Å². The van der Waals surface area contributed by atoms with E-state index in [1.165, 1.54) is 9.09 Å². The van der Waals surface area contributed by atoms with E-state index in [0.717, 1.165) is 37.3 Å². The SMILES string of the molecule is Ic1ccc(OCCCCn2cnc3ccccc32)cc1.O=C(O)C(=O)O. The highest BCUT2D eigenvalue weighted by Crippen LogP contribution is 2.15. The quantitative estimate of drug-likeness (QED) is 0.316. The van der Waals surface area contributed by atoms with Crippen molar-refractivity contribution in [3.8, 4) is 5.75 Å². The Labute approximate surface area is 169 Å². The molecule has 0 aliphatic heterocycles. The van der Waals surface area contributed by atoms with Gasteiger partial charge in [0.15, 0.2) is 0 Å². The molecule has 3 rings (SSSR count). The van der Waals surface area contributed by atoms with Crippen LogP contribution in [0.1, 0.15) is 12.8 Å². The first kappa shape index (κ1) is 20.7. The van der Waals surface area contributed by atoms with Crippen LogP contribution < -0.4 is 4.74 Å². The number of fused-ring (bicyclic) bond motifs is 1. The fourth-order valence-corrected chi connectivity index (χ4v) is 2.65. The maximum atomic E-state index is 9.10. The molecule has 0 aliphatic carbocycles. The summed E-state index contributed by atoms with van der Waals surface area (Å²) in [6, 6.07) is 16.4. The van der Waals surface area contributed by atoms with Crippen LogP contribution in [0.4, 0.5) is 0 Å². The molecule has 0 radical (unpaired) electrons. The van der Waals surface area contributed by atoms with E-state index in [0.29, 0.717) is 0 Å². The van der Waals surface area contributed by atoms with Gasteiger partial charge in [0.05, 0.1) is 24.0 Å². The first-order valence-corrected chi connectivity index (χ1v) is 9.29. The second-order valence-electron chi connectivity index (χ2n) is 5.55. The van der Waals surface area contributed by atoms with Crippen molar-refractivity contribution in [3.05, 3.63) is 58.4 Å². The summed E-state index contributed by atoms with van der Waals surface area (Å²) in [7, 11) is 0. The molecule has 0 fully saturated rings. The number of para-hydroxylation sites is 2. The molecule has 7 nitrogen and oxygen atoms in total. The molecule has 0 amide bonds. The molecule has 8 heteroatoms. The van der Waals surface area contributed by atoms with Crippen LogP contribution >= 0.6 is 22.6 Å². The number of hydrogen-bond donors (Lipinski definition) is 2. The topological polar surface area (TPSA) is 102 Å². The van der Waals surface area contributed by atoms with Gasteiger partial charge in [-0.05, 0) is 71.8 Å². The highest BCUT2D eigenvalue weighted by atomic mass is 127. The Balaban J connectivity index is 0.000000380. The maximum Gasteiger partial charge on any atom is 0.414 e. The van der Waals surface area contributed by atoms with Gasteiger partial charge in [-0.25, -0.2) is 14.6 Å². The Morgan fingerprint density at radius 2 is 1.67 bits per heavy atom. The smallest absolute Gasteiger partial charge is 0.414 e. The van der Waals surface area contributed by atoms with E-state index < -0.39 is 11.9 Å². The maximum absolute atomic E-state index is 9.10. The molecule has 2 N–H and O–H groups in total. The second kappa shape index (κ2) is 10.5. The molecule has 0 unspecified atom stereocenters. The largest absolute Gasteiger partial charge is 0.494 e. The lowest BCUT2D eigenvalue weighted by Gasteiger charge is -2.07. The molecular weight excluding hydrogens is 463 g/mol. The number of aromatic nitrogens is 2. The minimum Gasteiger partial charge on any atom is -0.494 e. The zero-order valence-corrected chi connectivity index (χ0v) is 16.6. The number of unbranched alkanes of at least 4 members (excludes halogenated alkanes) is 1.